The maximum atomic E-state index is 6.60. The van der Waals surface area contributed by atoms with Crippen LogP contribution in [0.15, 0.2) is 229 Å². The van der Waals surface area contributed by atoms with Gasteiger partial charge in [0.25, 0.3) is 0 Å². The van der Waals surface area contributed by atoms with Gasteiger partial charge in [-0.05, 0) is 110 Å². The average Bonchev–Trinajstić information content (AvgIpc) is 3.67. The van der Waals surface area contributed by atoms with Crippen LogP contribution in [0, 0.1) is 0 Å². The number of anilines is 3. The minimum absolute atomic E-state index is 0.862. The molecule has 0 radical (unpaired) electrons. The van der Waals surface area contributed by atoms with Gasteiger partial charge in [0.05, 0.1) is 11.4 Å². The summed E-state index contributed by atoms with van der Waals surface area (Å²) in [4.78, 5) is 2.43. The summed E-state index contributed by atoms with van der Waals surface area (Å²) in [7, 11) is 0. The zero-order chi connectivity index (χ0) is 38.4. The number of rotatable bonds is 7. The van der Waals surface area contributed by atoms with Crippen molar-refractivity contribution in [3.05, 3.63) is 224 Å². The van der Waals surface area contributed by atoms with Crippen LogP contribution in [0.25, 0.3) is 88.0 Å². The maximum absolute atomic E-state index is 6.60. The lowest BCUT2D eigenvalue weighted by Gasteiger charge is -2.30. The zero-order valence-electron chi connectivity index (χ0n) is 31.7. The average molecular weight is 740 g/mol. The molecular formula is C56H37NO. The van der Waals surface area contributed by atoms with Crippen LogP contribution in [-0.4, -0.2) is 0 Å². The molecule has 58 heavy (non-hydrogen) atoms. The van der Waals surface area contributed by atoms with Gasteiger partial charge in [0.2, 0.25) is 0 Å². The number of nitrogens with zero attached hydrogens (tertiary/aromatic N) is 1. The number of hydrogen-bond acceptors (Lipinski definition) is 2. The quantitative estimate of drug-likeness (QED) is 0.162. The second kappa shape index (κ2) is 14.1. The van der Waals surface area contributed by atoms with Gasteiger partial charge in [0.1, 0.15) is 11.2 Å². The highest BCUT2D eigenvalue weighted by Gasteiger charge is 2.22. The van der Waals surface area contributed by atoms with E-state index in [4.69, 9.17) is 4.42 Å². The molecule has 0 spiro atoms. The van der Waals surface area contributed by atoms with Crippen LogP contribution in [0.1, 0.15) is 0 Å². The molecule has 10 aromatic carbocycles. The number of benzene rings is 10. The predicted octanol–water partition coefficient (Wildman–Crippen LogP) is 16.0. The Morgan fingerprint density at radius 3 is 1.38 bits per heavy atom. The molecule has 1 aromatic heterocycles. The monoisotopic (exact) mass is 739 g/mol. The summed E-state index contributed by atoms with van der Waals surface area (Å²) in [6.45, 7) is 0. The number of hydrogen-bond donors (Lipinski definition) is 0. The first-order chi connectivity index (χ1) is 28.7. The number of para-hydroxylation sites is 2. The Labute approximate surface area is 337 Å². The molecular weight excluding hydrogens is 703 g/mol. The summed E-state index contributed by atoms with van der Waals surface area (Å²) in [5, 5.41) is 7.06. The van der Waals surface area contributed by atoms with Crippen molar-refractivity contribution in [3.63, 3.8) is 0 Å². The van der Waals surface area contributed by atoms with E-state index >= 15 is 0 Å². The summed E-state index contributed by atoms with van der Waals surface area (Å²) in [5.74, 6) is 0. The van der Waals surface area contributed by atoms with Crippen molar-refractivity contribution >= 4 is 60.5 Å². The summed E-state index contributed by atoms with van der Waals surface area (Å²) in [5.41, 5.74) is 14.3. The number of furan rings is 1. The first-order valence-electron chi connectivity index (χ1n) is 19.8. The Morgan fingerprint density at radius 1 is 0.276 bits per heavy atom. The SMILES string of the molecule is c1ccc(-c2ccc(-c3ccc4c(c3)oc3ccc(N(c5ccccc5-c5ccc6ccccc6c5)c5ccccc5-c5ccc6ccccc6c5)cc34)cc2)cc1. The third kappa shape index (κ3) is 6.00. The molecule has 0 aliphatic heterocycles. The number of fused-ring (bicyclic) bond motifs is 5. The molecule has 0 saturated carbocycles. The van der Waals surface area contributed by atoms with Gasteiger partial charge in [-0.15, -0.1) is 0 Å². The van der Waals surface area contributed by atoms with E-state index in [1.54, 1.807) is 0 Å². The van der Waals surface area contributed by atoms with Crippen LogP contribution in [0.2, 0.25) is 0 Å². The molecule has 2 nitrogen and oxygen atoms in total. The molecule has 0 N–H and O–H groups in total. The second-order valence-corrected chi connectivity index (χ2v) is 14.9. The van der Waals surface area contributed by atoms with Crippen molar-refractivity contribution in [2.75, 3.05) is 4.90 Å². The molecule has 0 fully saturated rings. The van der Waals surface area contributed by atoms with Crippen molar-refractivity contribution in [2.24, 2.45) is 0 Å². The molecule has 272 valence electrons. The van der Waals surface area contributed by atoms with Crippen molar-refractivity contribution in [2.45, 2.75) is 0 Å². The lowest BCUT2D eigenvalue weighted by atomic mass is 9.96. The van der Waals surface area contributed by atoms with Crippen LogP contribution in [0.3, 0.4) is 0 Å². The molecule has 11 rings (SSSR count). The molecule has 0 amide bonds. The summed E-state index contributed by atoms with van der Waals surface area (Å²) < 4.78 is 6.60. The van der Waals surface area contributed by atoms with E-state index in [1.165, 1.54) is 43.8 Å². The van der Waals surface area contributed by atoms with Gasteiger partial charge in [-0.3, -0.25) is 0 Å². The minimum Gasteiger partial charge on any atom is -0.456 e. The van der Waals surface area contributed by atoms with Crippen LogP contribution < -0.4 is 4.90 Å². The molecule has 0 saturated heterocycles. The molecule has 0 unspecified atom stereocenters. The molecule has 2 heteroatoms. The third-order valence-corrected chi connectivity index (χ3v) is 11.4. The van der Waals surface area contributed by atoms with Gasteiger partial charge >= 0.3 is 0 Å². The van der Waals surface area contributed by atoms with Gasteiger partial charge in [0.15, 0.2) is 0 Å². The Bertz CT molecular complexity index is 3160. The van der Waals surface area contributed by atoms with Gasteiger partial charge in [-0.25, -0.2) is 0 Å². The van der Waals surface area contributed by atoms with E-state index < -0.39 is 0 Å². The van der Waals surface area contributed by atoms with Crippen molar-refractivity contribution in [1.82, 2.24) is 0 Å². The molecule has 0 bridgehead atoms. The Kier molecular flexibility index (Phi) is 8.19. The molecule has 11 aromatic rings. The fourth-order valence-corrected chi connectivity index (χ4v) is 8.52. The zero-order valence-corrected chi connectivity index (χ0v) is 31.7. The van der Waals surface area contributed by atoms with E-state index in [2.05, 4.69) is 229 Å². The molecule has 0 atom stereocenters. The largest absolute Gasteiger partial charge is 0.456 e. The van der Waals surface area contributed by atoms with Crippen LogP contribution in [-0.2, 0) is 0 Å². The van der Waals surface area contributed by atoms with E-state index in [-0.39, 0.29) is 0 Å². The van der Waals surface area contributed by atoms with Crippen LogP contribution in [0.4, 0.5) is 17.1 Å². The van der Waals surface area contributed by atoms with E-state index in [0.29, 0.717) is 0 Å². The van der Waals surface area contributed by atoms with E-state index in [1.807, 2.05) is 0 Å². The lowest BCUT2D eigenvalue weighted by Crippen LogP contribution is -2.12. The van der Waals surface area contributed by atoms with Gasteiger partial charge < -0.3 is 9.32 Å². The van der Waals surface area contributed by atoms with E-state index in [9.17, 15) is 0 Å². The minimum atomic E-state index is 0.862. The van der Waals surface area contributed by atoms with Crippen molar-refractivity contribution in [1.29, 1.82) is 0 Å². The maximum Gasteiger partial charge on any atom is 0.136 e. The summed E-state index contributed by atoms with van der Waals surface area (Å²) in [6, 6.07) is 80.7. The first-order valence-corrected chi connectivity index (χ1v) is 19.8. The second-order valence-electron chi connectivity index (χ2n) is 14.9. The highest BCUT2D eigenvalue weighted by atomic mass is 16.3. The Balaban J connectivity index is 1.07. The van der Waals surface area contributed by atoms with Crippen molar-refractivity contribution < 1.29 is 4.42 Å². The van der Waals surface area contributed by atoms with Crippen LogP contribution >= 0.6 is 0 Å². The highest BCUT2D eigenvalue weighted by molar-refractivity contribution is 6.08. The predicted molar refractivity (Wildman–Crippen MR) is 245 cm³/mol. The topological polar surface area (TPSA) is 16.4 Å². The smallest absolute Gasteiger partial charge is 0.136 e. The molecule has 0 aliphatic carbocycles. The van der Waals surface area contributed by atoms with Gasteiger partial charge in [0, 0.05) is 27.6 Å². The first kappa shape index (κ1) is 33.6. The standard InChI is InChI=1S/C56H37NO/c1-2-12-38(13-3-1)41-22-24-42(25-23-41)45-30-32-51-52-37-48(31-33-55(52)58-56(51)36-45)57(53-20-10-8-18-49(53)46-28-26-39-14-4-6-16-43(39)34-46)54-21-11-9-19-50(54)47-29-27-40-15-5-7-17-44(40)35-47/h1-37H. The van der Waals surface area contributed by atoms with Gasteiger partial charge in [-0.1, -0.05) is 170 Å². The summed E-state index contributed by atoms with van der Waals surface area (Å²) in [6.07, 6.45) is 0. The fourth-order valence-electron chi connectivity index (χ4n) is 8.52. The highest BCUT2D eigenvalue weighted by Crippen LogP contribution is 2.46. The molecule has 0 aliphatic rings. The van der Waals surface area contributed by atoms with E-state index in [0.717, 1.165) is 61.3 Å². The van der Waals surface area contributed by atoms with Gasteiger partial charge in [-0.2, -0.15) is 0 Å². The summed E-state index contributed by atoms with van der Waals surface area (Å²) >= 11 is 0. The Morgan fingerprint density at radius 2 is 0.759 bits per heavy atom. The normalized spacial score (nSPS) is 11.4. The third-order valence-electron chi connectivity index (χ3n) is 11.4. The molecule has 1 heterocycles. The van der Waals surface area contributed by atoms with Crippen molar-refractivity contribution in [3.8, 4) is 44.5 Å². The Hall–Kier alpha value is -7.68. The fraction of sp³-hybridized carbons (Fsp3) is 0. The van der Waals surface area contributed by atoms with Crippen LogP contribution in [0.5, 0.6) is 0 Å². The lowest BCUT2D eigenvalue weighted by molar-refractivity contribution is 0.669.